The van der Waals surface area contributed by atoms with Gasteiger partial charge in [-0.25, -0.2) is 4.98 Å². The molecule has 4 nitrogen and oxygen atoms in total. The van der Waals surface area contributed by atoms with Crippen LogP contribution in [0, 0.1) is 0 Å². The van der Waals surface area contributed by atoms with Crippen molar-refractivity contribution in [2.24, 2.45) is 0 Å². The summed E-state index contributed by atoms with van der Waals surface area (Å²) in [6.07, 6.45) is 2.00. The Kier molecular flexibility index (Phi) is 3.98. The number of amides is 1. The minimum atomic E-state index is 0.00131. The molecule has 0 unspecified atom stereocenters. The highest BCUT2D eigenvalue weighted by Crippen LogP contribution is 2.28. The fourth-order valence-corrected chi connectivity index (χ4v) is 3.57. The van der Waals surface area contributed by atoms with Crippen molar-refractivity contribution in [3.8, 4) is 0 Å². The fraction of sp³-hybridized carbons (Fsp3) is 0.263. The number of hydrogen-bond donors (Lipinski definition) is 1. The first kappa shape index (κ1) is 15.2. The second-order valence-electron chi connectivity index (χ2n) is 6.21. The van der Waals surface area contributed by atoms with E-state index in [9.17, 15) is 4.79 Å². The van der Waals surface area contributed by atoms with Crippen LogP contribution >= 0.6 is 11.6 Å². The fourth-order valence-electron chi connectivity index (χ4n) is 3.36. The number of rotatable bonds is 2. The highest BCUT2D eigenvalue weighted by atomic mass is 35.5. The molecule has 0 radical (unpaired) electrons. The molecule has 1 N–H and O–H groups in total. The van der Waals surface area contributed by atoms with Gasteiger partial charge in [0, 0.05) is 19.0 Å². The maximum atomic E-state index is 12.8. The second-order valence-corrected chi connectivity index (χ2v) is 6.62. The van der Waals surface area contributed by atoms with E-state index in [1.165, 1.54) is 0 Å². The molecular weight excluding hydrogens is 322 g/mol. The number of halogens is 1. The Morgan fingerprint density at radius 2 is 1.96 bits per heavy atom. The molecular formula is C19H18ClN3O. The van der Waals surface area contributed by atoms with Crippen molar-refractivity contribution in [1.29, 1.82) is 0 Å². The first-order valence-electron chi connectivity index (χ1n) is 8.21. The van der Waals surface area contributed by atoms with Crippen molar-refractivity contribution in [2.45, 2.75) is 18.8 Å². The molecule has 1 aromatic heterocycles. The second kappa shape index (κ2) is 6.29. The molecule has 1 amide bonds. The summed E-state index contributed by atoms with van der Waals surface area (Å²) in [6, 6.07) is 15.3. The third-order valence-electron chi connectivity index (χ3n) is 4.61. The van der Waals surface area contributed by atoms with Gasteiger partial charge in [0.2, 0.25) is 0 Å². The molecule has 2 heterocycles. The van der Waals surface area contributed by atoms with E-state index in [0.29, 0.717) is 17.1 Å². The lowest BCUT2D eigenvalue weighted by Crippen LogP contribution is -2.39. The van der Waals surface area contributed by atoms with Crippen LogP contribution in [-0.4, -0.2) is 33.9 Å². The van der Waals surface area contributed by atoms with E-state index in [0.717, 1.165) is 36.2 Å². The van der Waals surface area contributed by atoms with Gasteiger partial charge in [0.25, 0.3) is 5.91 Å². The molecule has 2 aromatic carbocycles. The molecule has 1 fully saturated rings. The van der Waals surface area contributed by atoms with Crippen molar-refractivity contribution in [3.63, 3.8) is 0 Å². The quantitative estimate of drug-likeness (QED) is 0.759. The standard InChI is InChI=1S/C19H18ClN3O/c20-15-8-2-1-7-14(15)19(24)23-11-5-6-13(12-23)18-21-16-9-3-4-10-17(16)22-18/h1-4,7-10,13H,5-6,11-12H2,(H,21,22)/t13-/m1/s1. The summed E-state index contributed by atoms with van der Waals surface area (Å²) >= 11 is 6.18. The molecule has 24 heavy (non-hydrogen) atoms. The normalized spacial score (nSPS) is 18.0. The van der Waals surface area contributed by atoms with Crippen molar-refractivity contribution in [3.05, 3.63) is 64.9 Å². The van der Waals surface area contributed by atoms with Crippen LogP contribution < -0.4 is 0 Å². The summed E-state index contributed by atoms with van der Waals surface area (Å²) < 4.78 is 0. The lowest BCUT2D eigenvalue weighted by atomic mass is 9.96. The molecule has 3 aromatic rings. The van der Waals surface area contributed by atoms with Gasteiger partial charge in [-0.1, -0.05) is 35.9 Å². The van der Waals surface area contributed by atoms with Crippen LogP contribution in [0.5, 0.6) is 0 Å². The van der Waals surface area contributed by atoms with Crippen molar-refractivity contribution in [1.82, 2.24) is 14.9 Å². The Balaban J connectivity index is 1.57. The Morgan fingerprint density at radius 3 is 2.79 bits per heavy atom. The third kappa shape index (κ3) is 2.78. The van der Waals surface area contributed by atoms with E-state index < -0.39 is 0 Å². The van der Waals surface area contributed by atoms with Crippen LogP contribution in [0.25, 0.3) is 11.0 Å². The van der Waals surface area contributed by atoms with E-state index >= 15 is 0 Å². The molecule has 1 atom stereocenters. The van der Waals surface area contributed by atoms with Crippen LogP contribution in [0.3, 0.4) is 0 Å². The average molecular weight is 340 g/mol. The Hall–Kier alpha value is -2.33. The van der Waals surface area contributed by atoms with Crippen LogP contribution in [0.2, 0.25) is 5.02 Å². The van der Waals surface area contributed by atoms with Gasteiger partial charge in [0.1, 0.15) is 5.82 Å². The number of carbonyl (C=O) groups excluding carboxylic acids is 1. The minimum Gasteiger partial charge on any atom is -0.342 e. The summed E-state index contributed by atoms with van der Waals surface area (Å²) in [5, 5.41) is 0.508. The predicted molar refractivity (Wildman–Crippen MR) is 95.4 cm³/mol. The number of aromatic nitrogens is 2. The first-order valence-corrected chi connectivity index (χ1v) is 8.58. The summed E-state index contributed by atoms with van der Waals surface area (Å²) in [5.41, 5.74) is 2.59. The first-order chi connectivity index (χ1) is 11.7. The number of benzene rings is 2. The average Bonchev–Trinajstić information content (AvgIpc) is 3.06. The van der Waals surface area contributed by atoms with Gasteiger partial charge in [0.05, 0.1) is 21.6 Å². The molecule has 1 aliphatic rings. The van der Waals surface area contributed by atoms with Crippen LogP contribution in [0.15, 0.2) is 48.5 Å². The minimum absolute atomic E-state index is 0.00131. The van der Waals surface area contributed by atoms with E-state index in [2.05, 4.69) is 4.98 Å². The maximum Gasteiger partial charge on any atom is 0.255 e. The van der Waals surface area contributed by atoms with E-state index in [4.69, 9.17) is 16.6 Å². The maximum absolute atomic E-state index is 12.8. The molecule has 0 saturated carbocycles. The monoisotopic (exact) mass is 339 g/mol. The summed E-state index contributed by atoms with van der Waals surface area (Å²) in [6.45, 7) is 1.44. The van der Waals surface area contributed by atoms with E-state index in [-0.39, 0.29) is 11.8 Å². The molecule has 0 spiro atoms. The zero-order valence-electron chi connectivity index (χ0n) is 13.2. The topological polar surface area (TPSA) is 49.0 Å². The van der Waals surface area contributed by atoms with Gasteiger partial charge >= 0.3 is 0 Å². The predicted octanol–water partition coefficient (Wildman–Crippen LogP) is 4.24. The van der Waals surface area contributed by atoms with Gasteiger partial charge in [-0.05, 0) is 37.1 Å². The van der Waals surface area contributed by atoms with Gasteiger partial charge in [-0.3, -0.25) is 4.79 Å². The largest absolute Gasteiger partial charge is 0.342 e. The van der Waals surface area contributed by atoms with Crippen molar-refractivity contribution < 1.29 is 4.79 Å². The van der Waals surface area contributed by atoms with E-state index in [1.807, 2.05) is 41.3 Å². The summed E-state index contributed by atoms with van der Waals surface area (Å²) in [4.78, 5) is 22.8. The number of nitrogens with one attached hydrogen (secondary N) is 1. The molecule has 1 saturated heterocycles. The van der Waals surface area contributed by atoms with Gasteiger partial charge in [-0.2, -0.15) is 0 Å². The summed E-state index contributed by atoms with van der Waals surface area (Å²) in [5.74, 6) is 1.20. The molecule has 5 heteroatoms. The number of hydrogen-bond acceptors (Lipinski definition) is 2. The van der Waals surface area contributed by atoms with Crippen molar-refractivity contribution in [2.75, 3.05) is 13.1 Å². The van der Waals surface area contributed by atoms with Crippen LogP contribution in [0.4, 0.5) is 0 Å². The number of fused-ring (bicyclic) bond motifs is 1. The number of H-pyrrole nitrogens is 1. The molecule has 4 rings (SSSR count). The number of likely N-dealkylation sites (tertiary alicyclic amines) is 1. The number of piperidine rings is 1. The number of aromatic amines is 1. The van der Waals surface area contributed by atoms with Gasteiger partial charge < -0.3 is 9.88 Å². The van der Waals surface area contributed by atoms with E-state index in [1.54, 1.807) is 12.1 Å². The Morgan fingerprint density at radius 1 is 1.17 bits per heavy atom. The number of para-hydroxylation sites is 2. The number of carbonyl (C=O) groups is 1. The highest BCUT2D eigenvalue weighted by molar-refractivity contribution is 6.33. The van der Waals surface area contributed by atoms with Crippen molar-refractivity contribution >= 4 is 28.5 Å². The molecule has 0 aliphatic carbocycles. The molecule has 0 bridgehead atoms. The number of nitrogens with zero attached hydrogens (tertiary/aromatic N) is 2. The summed E-state index contributed by atoms with van der Waals surface area (Å²) in [7, 11) is 0. The molecule has 122 valence electrons. The lowest BCUT2D eigenvalue weighted by molar-refractivity contribution is 0.0705. The highest BCUT2D eigenvalue weighted by Gasteiger charge is 2.28. The molecule has 1 aliphatic heterocycles. The van der Waals surface area contributed by atoms with Crippen LogP contribution in [0.1, 0.15) is 34.9 Å². The zero-order chi connectivity index (χ0) is 16.5. The van der Waals surface area contributed by atoms with Crippen LogP contribution in [-0.2, 0) is 0 Å². The van der Waals surface area contributed by atoms with Gasteiger partial charge in [0.15, 0.2) is 0 Å². The smallest absolute Gasteiger partial charge is 0.255 e. The zero-order valence-corrected chi connectivity index (χ0v) is 14.0. The lowest BCUT2D eigenvalue weighted by Gasteiger charge is -2.32. The third-order valence-corrected chi connectivity index (χ3v) is 4.94. The number of imidazole rings is 1. The Labute approximate surface area is 145 Å². The SMILES string of the molecule is O=C(c1ccccc1Cl)N1CCC[C@@H](c2nc3ccccc3[nH]2)C1. The van der Waals surface area contributed by atoms with Gasteiger partial charge in [-0.15, -0.1) is 0 Å². The Bertz CT molecular complexity index is 856.